The predicted octanol–water partition coefficient (Wildman–Crippen LogP) is 2.11. The minimum absolute atomic E-state index is 0.0295. The van der Waals surface area contributed by atoms with Crippen molar-refractivity contribution in [1.82, 2.24) is 15.8 Å². The summed E-state index contributed by atoms with van der Waals surface area (Å²) in [5.74, 6) is -0.0527. The van der Waals surface area contributed by atoms with Gasteiger partial charge in [-0.3, -0.25) is 20.4 Å². The smallest absolute Gasteiger partial charge is 0.409 e. The molecule has 0 atom stereocenters. The second-order valence-corrected chi connectivity index (χ2v) is 6.94. The quantitative estimate of drug-likeness (QED) is 0.700. The highest BCUT2D eigenvalue weighted by Gasteiger charge is 2.28. The van der Waals surface area contributed by atoms with E-state index in [-0.39, 0.29) is 24.0 Å². The zero-order valence-corrected chi connectivity index (χ0v) is 17.3. The molecule has 1 heterocycles. The molecule has 3 amide bonds. The largest absolute Gasteiger partial charge is 0.493 e. The summed E-state index contributed by atoms with van der Waals surface area (Å²) in [6, 6.07) is 4.80. The van der Waals surface area contributed by atoms with Crippen LogP contribution in [-0.4, -0.2) is 55.7 Å². The van der Waals surface area contributed by atoms with Crippen molar-refractivity contribution in [3.05, 3.63) is 23.8 Å². The van der Waals surface area contributed by atoms with E-state index < -0.39 is 5.91 Å². The third-order valence-corrected chi connectivity index (χ3v) is 4.48. The molecule has 2 rings (SSSR count). The van der Waals surface area contributed by atoms with E-state index in [1.165, 1.54) is 7.11 Å². The molecule has 0 unspecified atom stereocenters. The molecule has 1 aromatic carbocycles. The average molecular weight is 407 g/mol. The first kappa shape index (κ1) is 22.3. The minimum atomic E-state index is -0.461. The molecule has 9 nitrogen and oxygen atoms in total. The van der Waals surface area contributed by atoms with Crippen LogP contribution in [0.5, 0.6) is 11.5 Å². The first-order valence-electron chi connectivity index (χ1n) is 9.72. The van der Waals surface area contributed by atoms with Crippen molar-refractivity contribution < 1.29 is 28.6 Å². The predicted molar refractivity (Wildman–Crippen MR) is 106 cm³/mol. The SMILES string of the molecule is CCOC(=O)N1CCC(C(=O)NNC(=O)c2ccc(OC(C)C)c(OC)c2)CC1. The van der Waals surface area contributed by atoms with Gasteiger partial charge in [0, 0.05) is 24.6 Å². The lowest BCUT2D eigenvalue weighted by atomic mass is 9.96. The Kier molecular flexibility index (Phi) is 8.11. The van der Waals surface area contributed by atoms with E-state index in [4.69, 9.17) is 14.2 Å². The normalized spacial score (nSPS) is 14.3. The summed E-state index contributed by atoms with van der Waals surface area (Å²) in [5.41, 5.74) is 5.21. The van der Waals surface area contributed by atoms with Gasteiger partial charge in [0.05, 0.1) is 19.8 Å². The maximum atomic E-state index is 12.4. The molecule has 2 N–H and O–H groups in total. The van der Waals surface area contributed by atoms with Gasteiger partial charge in [-0.2, -0.15) is 0 Å². The van der Waals surface area contributed by atoms with E-state index in [9.17, 15) is 14.4 Å². The zero-order valence-electron chi connectivity index (χ0n) is 17.3. The van der Waals surface area contributed by atoms with Crippen LogP contribution < -0.4 is 20.3 Å². The number of ether oxygens (including phenoxy) is 3. The van der Waals surface area contributed by atoms with Gasteiger partial charge in [-0.1, -0.05) is 0 Å². The highest BCUT2D eigenvalue weighted by Crippen LogP contribution is 2.29. The molecule has 0 saturated carbocycles. The summed E-state index contributed by atoms with van der Waals surface area (Å²) in [6.07, 6.45) is 0.627. The average Bonchev–Trinajstić information content (AvgIpc) is 2.71. The second kappa shape index (κ2) is 10.5. The summed E-state index contributed by atoms with van der Waals surface area (Å²) in [6.45, 7) is 6.75. The molecule has 1 fully saturated rings. The van der Waals surface area contributed by atoms with Crippen LogP contribution in [0, 0.1) is 5.92 Å². The molecule has 1 saturated heterocycles. The Morgan fingerprint density at radius 3 is 2.41 bits per heavy atom. The first-order chi connectivity index (χ1) is 13.8. The number of nitrogens with zero attached hydrogens (tertiary/aromatic N) is 1. The molecule has 0 aromatic heterocycles. The van der Waals surface area contributed by atoms with E-state index in [0.29, 0.717) is 49.6 Å². The van der Waals surface area contributed by atoms with Crippen LogP contribution in [-0.2, 0) is 9.53 Å². The number of benzene rings is 1. The summed E-state index contributed by atoms with van der Waals surface area (Å²) >= 11 is 0. The van der Waals surface area contributed by atoms with Gasteiger partial charge in [-0.25, -0.2) is 4.79 Å². The fraction of sp³-hybridized carbons (Fsp3) is 0.550. The Hall–Kier alpha value is -2.97. The molecule has 9 heteroatoms. The Balaban J connectivity index is 1.86. The van der Waals surface area contributed by atoms with Gasteiger partial charge < -0.3 is 19.1 Å². The van der Waals surface area contributed by atoms with Crippen molar-refractivity contribution in [2.45, 2.75) is 39.7 Å². The lowest BCUT2D eigenvalue weighted by Gasteiger charge is -2.30. The van der Waals surface area contributed by atoms with Gasteiger partial charge in [0.15, 0.2) is 11.5 Å². The molecule has 29 heavy (non-hydrogen) atoms. The van der Waals surface area contributed by atoms with E-state index in [0.717, 1.165) is 0 Å². The molecule has 1 aromatic rings. The van der Waals surface area contributed by atoms with E-state index >= 15 is 0 Å². The van der Waals surface area contributed by atoms with E-state index in [1.54, 1.807) is 30.0 Å². The molecular formula is C20H29N3O6. The highest BCUT2D eigenvalue weighted by atomic mass is 16.6. The maximum Gasteiger partial charge on any atom is 0.409 e. The van der Waals surface area contributed by atoms with Crippen molar-refractivity contribution in [2.75, 3.05) is 26.8 Å². The molecule has 0 aliphatic carbocycles. The van der Waals surface area contributed by atoms with Crippen LogP contribution in [0.3, 0.4) is 0 Å². The van der Waals surface area contributed by atoms with Crippen LogP contribution in [0.25, 0.3) is 0 Å². The van der Waals surface area contributed by atoms with Crippen LogP contribution in [0.4, 0.5) is 4.79 Å². The van der Waals surface area contributed by atoms with Gasteiger partial charge in [0.2, 0.25) is 5.91 Å². The number of methoxy groups -OCH3 is 1. The third-order valence-electron chi connectivity index (χ3n) is 4.48. The number of likely N-dealkylation sites (tertiary alicyclic amines) is 1. The van der Waals surface area contributed by atoms with Gasteiger partial charge in [-0.15, -0.1) is 0 Å². The number of hydrogen-bond acceptors (Lipinski definition) is 6. The zero-order chi connectivity index (χ0) is 21.4. The number of piperidine rings is 1. The lowest BCUT2D eigenvalue weighted by molar-refractivity contribution is -0.127. The molecule has 1 aliphatic heterocycles. The number of hydrogen-bond donors (Lipinski definition) is 2. The van der Waals surface area contributed by atoms with Gasteiger partial charge >= 0.3 is 6.09 Å². The van der Waals surface area contributed by atoms with Crippen LogP contribution in [0.2, 0.25) is 0 Å². The number of rotatable bonds is 6. The Labute approximate surface area is 170 Å². The van der Waals surface area contributed by atoms with Gasteiger partial charge in [-0.05, 0) is 51.8 Å². The standard InChI is InChI=1S/C20H29N3O6/c1-5-28-20(26)23-10-8-14(9-11-23)18(24)21-22-19(25)15-6-7-16(29-13(2)3)17(12-15)27-4/h6-7,12-14H,5,8-11H2,1-4H3,(H,21,24)(H,22,25). The van der Waals surface area contributed by atoms with Crippen molar-refractivity contribution >= 4 is 17.9 Å². The fourth-order valence-electron chi connectivity index (χ4n) is 2.99. The van der Waals surface area contributed by atoms with Gasteiger partial charge in [0.1, 0.15) is 0 Å². The lowest BCUT2D eigenvalue weighted by Crippen LogP contribution is -2.48. The summed E-state index contributed by atoms with van der Waals surface area (Å²) in [7, 11) is 1.49. The second-order valence-electron chi connectivity index (χ2n) is 6.94. The Bertz CT molecular complexity index is 729. The summed E-state index contributed by atoms with van der Waals surface area (Å²) < 4.78 is 15.9. The fourth-order valence-corrected chi connectivity index (χ4v) is 2.99. The number of carbonyl (C=O) groups excluding carboxylic acids is 3. The summed E-state index contributed by atoms with van der Waals surface area (Å²) in [4.78, 5) is 38.0. The highest BCUT2D eigenvalue weighted by molar-refractivity contribution is 5.96. The number of carbonyl (C=O) groups is 3. The number of nitrogens with one attached hydrogen (secondary N) is 2. The van der Waals surface area contributed by atoms with Crippen molar-refractivity contribution in [3.8, 4) is 11.5 Å². The minimum Gasteiger partial charge on any atom is -0.493 e. The maximum absolute atomic E-state index is 12.4. The molecule has 0 bridgehead atoms. The number of amides is 3. The molecular weight excluding hydrogens is 378 g/mol. The summed E-state index contributed by atoms with van der Waals surface area (Å²) in [5, 5.41) is 0. The van der Waals surface area contributed by atoms with Crippen LogP contribution >= 0.6 is 0 Å². The topological polar surface area (TPSA) is 106 Å². The van der Waals surface area contributed by atoms with Crippen LogP contribution in [0.1, 0.15) is 44.0 Å². The van der Waals surface area contributed by atoms with Crippen molar-refractivity contribution in [3.63, 3.8) is 0 Å². The molecule has 160 valence electrons. The monoisotopic (exact) mass is 407 g/mol. The first-order valence-corrected chi connectivity index (χ1v) is 9.72. The van der Waals surface area contributed by atoms with Crippen LogP contribution in [0.15, 0.2) is 18.2 Å². The van der Waals surface area contributed by atoms with Gasteiger partial charge in [0.25, 0.3) is 5.91 Å². The van der Waals surface area contributed by atoms with E-state index in [2.05, 4.69) is 10.9 Å². The molecule has 1 aliphatic rings. The molecule has 0 radical (unpaired) electrons. The van der Waals surface area contributed by atoms with E-state index in [1.807, 2.05) is 13.8 Å². The number of hydrazine groups is 1. The van der Waals surface area contributed by atoms with Crippen molar-refractivity contribution in [1.29, 1.82) is 0 Å². The van der Waals surface area contributed by atoms with Crippen molar-refractivity contribution in [2.24, 2.45) is 5.92 Å². The Morgan fingerprint density at radius 2 is 1.83 bits per heavy atom. The molecule has 0 spiro atoms. The third kappa shape index (κ3) is 6.27. The Morgan fingerprint density at radius 1 is 1.14 bits per heavy atom.